The number of fused-ring (bicyclic) bond motifs is 3. The van der Waals surface area contributed by atoms with Gasteiger partial charge < -0.3 is 24.8 Å². The second kappa shape index (κ2) is 19.2. The molecule has 0 aromatic heterocycles. The van der Waals surface area contributed by atoms with Crippen LogP contribution in [0, 0.1) is 12.1 Å². The minimum Gasteiger partial charge on any atom is -1.00 e. The van der Waals surface area contributed by atoms with Crippen molar-refractivity contribution in [1.29, 1.82) is 0 Å². The number of allylic oxidation sites excluding steroid dienone is 4. The van der Waals surface area contributed by atoms with Crippen LogP contribution in [0.5, 0.6) is 0 Å². The number of halogens is 2. The Balaban J connectivity index is 0.000000354. The maximum atomic E-state index is 3.90. The fourth-order valence-corrected chi connectivity index (χ4v) is 8.22. The van der Waals surface area contributed by atoms with Gasteiger partial charge in [0, 0.05) is 0 Å². The Morgan fingerprint density at radius 1 is 0.500 bits per heavy atom. The predicted octanol–water partition coefficient (Wildman–Crippen LogP) is 8.96. The molecule has 0 heterocycles. The van der Waals surface area contributed by atoms with E-state index < -0.39 is 0 Å². The second-order valence-corrected chi connectivity index (χ2v) is 23.4. The van der Waals surface area contributed by atoms with Crippen molar-refractivity contribution in [1.82, 2.24) is 0 Å². The summed E-state index contributed by atoms with van der Waals surface area (Å²) in [6, 6.07) is 29.5. The molecule has 6 rings (SSSR count). The molecule has 4 aromatic rings. The van der Waals surface area contributed by atoms with Gasteiger partial charge in [-0.2, -0.15) is 23.8 Å². The van der Waals surface area contributed by atoms with E-state index in [0.29, 0.717) is 0 Å². The molecule has 0 aliphatic heterocycles. The fourth-order valence-electron chi connectivity index (χ4n) is 7.41. The normalized spacial score (nSPS) is 13.6. The van der Waals surface area contributed by atoms with E-state index in [2.05, 4.69) is 210 Å². The minimum atomic E-state index is 0. The monoisotopic (exact) mass is 892 g/mol. The topological polar surface area (TPSA) is 0 Å². The molecule has 0 spiro atoms. The summed E-state index contributed by atoms with van der Waals surface area (Å²) < 4.78 is 1.42. The Hall–Kier alpha value is -2.31. The Kier molecular flexibility index (Phi) is 17.1. The first-order valence-electron chi connectivity index (χ1n) is 20.8. The van der Waals surface area contributed by atoms with Gasteiger partial charge in [0.15, 0.2) is 0 Å². The largest absolute Gasteiger partial charge is 1.00 e. The summed E-state index contributed by atoms with van der Waals surface area (Å²) in [5.41, 5.74) is 17.8. The van der Waals surface area contributed by atoms with E-state index in [1.807, 2.05) is 12.2 Å². The summed E-state index contributed by atoms with van der Waals surface area (Å²) >= 11 is 1.46. The van der Waals surface area contributed by atoms with Crippen molar-refractivity contribution >= 4 is 3.21 Å². The molecular weight excluding hydrogens is 823 g/mol. The molecule has 312 valence electrons. The van der Waals surface area contributed by atoms with E-state index in [0.717, 1.165) is 12.8 Å². The molecule has 0 N–H and O–H groups in total. The van der Waals surface area contributed by atoms with Gasteiger partial charge in [0.2, 0.25) is 0 Å². The van der Waals surface area contributed by atoms with E-state index in [1.54, 1.807) is 0 Å². The molecule has 0 saturated heterocycles. The van der Waals surface area contributed by atoms with E-state index in [4.69, 9.17) is 0 Å². The van der Waals surface area contributed by atoms with E-state index in [-0.39, 0.29) is 57.3 Å². The van der Waals surface area contributed by atoms with Crippen molar-refractivity contribution in [2.45, 2.75) is 170 Å². The fraction of sp³-hybridized carbons (Fsp3) is 0.473. The second-order valence-electron chi connectivity index (χ2n) is 22.2. The zero-order chi connectivity index (χ0) is 42.2. The van der Waals surface area contributed by atoms with Crippen LogP contribution in [-0.4, -0.2) is 3.21 Å². The van der Waals surface area contributed by atoms with Crippen molar-refractivity contribution in [2.24, 2.45) is 0 Å². The van der Waals surface area contributed by atoms with Crippen molar-refractivity contribution in [3.63, 3.8) is 0 Å². The Morgan fingerprint density at radius 3 is 1.24 bits per heavy atom. The maximum absolute atomic E-state index is 3.90. The molecule has 0 fully saturated rings. The summed E-state index contributed by atoms with van der Waals surface area (Å²) in [6.07, 6.45) is 11.0. The molecule has 0 radical (unpaired) electrons. The molecule has 0 amide bonds. The average molecular weight is 895 g/mol. The van der Waals surface area contributed by atoms with E-state index >= 15 is 0 Å². The summed E-state index contributed by atoms with van der Waals surface area (Å²) in [5.74, 6) is 0. The smallest absolute Gasteiger partial charge is 0.109 e. The molecule has 0 bridgehead atoms. The number of hydrogen-bond acceptors (Lipinski definition) is 0. The molecule has 2 aliphatic rings. The number of rotatable bonds is 2. The molecule has 0 nitrogen and oxygen atoms in total. The Morgan fingerprint density at radius 2 is 0.914 bits per heavy atom. The summed E-state index contributed by atoms with van der Waals surface area (Å²) in [7, 11) is 0. The van der Waals surface area contributed by atoms with Crippen molar-refractivity contribution in [2.75, 3.05) is 0 Å². The van der Waals surface area contributed by atoms with Crippen LogP contribution in [0.25, 0.3) is 11.1 Å². The van der Waals surface area contributed by atoms with Crippen LogP contribution >= 0.6 is 0 Å². The number of hydrogen-bond donors (Lipinski definition) is 0. The third-order valence-electron chi connectivity index (χ3n) is 10.9. The van der Waals surface area contributed by atoms with E-state index in [9.17, 15) is 0 Å². The maximum Gasteiger partial charge on any atom is -0.109 e. The standard InChI is InChI=1S/C29H41.C21H26.C5H5.2ClH.Zr/c1-26(2,3)22-14-18-13-19-15-23(27(4,5)6)25(29(10,11)12)17-21(19)20(18)16-24(22)28(7,8)9;1-20(2,3)18-11-7-16(8-12-18)15-17-9-13-19(14-10-17)21(4,5)6;1-2-4-5-3-1;;;/h14,16-17H,13H2,1-12H3;7-14H,1-6H3;1-3H,4H2;2*1H;/q-1;;-1;;;+2/p-2. The molecule has 3 heteroatoms. The number of benzene rings is 4. The van der Waals surface area contributed by atoms with Crippen LogP contribution in [0.4, 0.5) is 0 Å². The first-order chi connectivity index (χ1) is 25.5. The van der Waals surface area contributed by atoms with Gasteiger partial charge in [0.05, 0.1) is 0 Å². The molecule has 0 atom stereocenters. The summed E-state index contributed by atoms with van der Waals surface area (Å²) in [5, 5.41) is 0. The minimum absolute atomic E-state index is 0. The first kappa shape index (κ1) is 51.8. The van der Waals surface area contributed by atoms with Gasteiger partial charge >= 0.3 is 151 Å². The van der Waals surface area contributed by atoms with Crippen LogP contribution in [0.2, 0.25) is 0 Å². The van der Waals surface area contributed by atoms with Crippen molar-refractivity contribution in [3.8, 4) is 11.1 Å². The van der Waals surface area contributed by atoms with Gasteiger partial charge in [-0.15, -0.1) is 23.1 Å². The van der Waals surface area contributed by atoms with E-state index in [1.165, 1.54) is 94.2 Å². The zero-order valence-corrected chi connectivity index (χ0v) is 43.2. The molecule has 4 aromatic carbocycles. The SMILES string of the molecule is CC(C)(C)c1[c-]c2c(cc1C(C)(C)C)-c1cc(C(C)(C)C)c(C(C)(C)C)cc1C2.CC(C)(C)c1ccc([C](=[Zr+2])c2ccc(C(C)(C)C)cc2)cc1.[C-]1=CC=CC1.[Cl-].[Cl-]. The van der Waals surface area contributed by atoms with Crippen LogP contribution < -0.4 is 24.8 Å². The molecule has 0 unspecified atom stereocenters. The molecular formula is C55H72Cl2Zr-2. The Labute approximate surface area is 383 Å². The van der Waals surface area contributed by atoms with Crippen LogP contribution in [-0.2, 0) is 63.1 Å². The van der Waals surface area contributed by atoms with Gasteiger partial charge in [0.1, 0.15) is 0 Å². The Bertz CT molecular complexity index is 1920. The first-order valence-corrected chi connectivity index (χ1v) is 22.0. The van der Waals surface area contributed by atoms with Gasteiger partial charge in [-0.25, -0.2) is 12.2 Å². The summed E-state index contributed by atoms with van der Waals surface area (Å²) in [6.45, 7) is 41.5. The van der Waals surface area contributed by atoms with Crippen LogP contribution in [0.15, 0.2) is 85.0 Å². The van der Waals surface area contributed by atoms with Gasteiger partial charge in [-0.3, -0.25) is 6.08 Å². The van der Waals surface area contributed by atoms with Gasteiger partial charge in [-0.1, -0.05) is 106 Å². The summed E-state index contributed by atoms with van der Waals surface area (Å²) in [4.78, 5) is 0. The third-order valence-corrected chi connectivity index (χ3v) is 12.3. The van der Waals surface area contributed by atoms with Crippen LogP contribution in [0.3, 0.4) is 0 Å². The van der Waals surface area contributed by atoms with Crippen LogP contribution in [0.1, 0.15) is 187 Å². The zero-order valence-electron chi connectivity index (χ0n) is 39.3. The molecule has 0 saturated carbocycles. The average Bonchev–Trinajstić information content (AvgIpc) is 3.77. The van der Waals surface area contributed by atoms with Gasteiger partial charge in [-0.05, 0) is 39.4 Å². The molecule has 58 heavy (non-hydrogen) atoms. The quantitative estimate of drug-likeness (QED) is 0.156. The predicted molar refractivity (Wildman–Crippen MR) is 243 cm³/mol. The van der Waals surface area contributed by atoms with Gasteiger partial charge in [0.25, 0.3) is 0 Å². The van der Waals surface area contributed by atoms with Crippen molar-refractivity contribution < 1.29 is 49.0 Å². The third kappa shape index (κ3) is 13.1. The molecule has 2 aliphatic carbocycles. The van der Waals surface area contributed by atoms with Crippen molar-refractivity contribution in [3.05, 3.63) is 153 Å².